The number of hydrogen-bond acceptors (Lipinski definition) is 5. The van der Waals surface area contributed by atoms with Gasteiger partial charge in [0.25, 0.3) is 0 Å². The lowest BCUT2D eigenvalue weighted by Crippen LogP contribution is -2.41. The van der Waals surface area contributed by atoms with Crippen LogP contribution in [0.25, 0.3) is 0 Å². The Hall–Kier alpha value is -2.21. The number of pyridine rings is 1. The van der Waals surface area contributed by atoms with E-state index in [9.17, 15) is 4.79 Å². The van der Waals surface area contributed by atoms with Gasteiger partial charge in [0, 0.05) is 19.3 Å². The molecule has 1 N–H and O–H groups in total. The van der Waals surface area contributed by atoms with Crippen LogP contribution >= 0.6 is 11.6 Å². The number of aromatic nitrogens is 3. The second kappa shape index (κ2) is 6.91. The Morgan fingerprint density at radius 1 is 1.35 bits per heavy atom. The molecular formula is C16H18ClN5O. The smallest absolute Gasteiger partial charge is 0.230 e. The van der Waals surface area contributed by atoms with Gasteiger partial charge in [-0.25, -0.2) is 4.98 Å². The van der Waals surface area contributed by atoms with E-state index in [4.69, 9.17) is 11.6 Å². The molecule has 2 aromatic heterocycles. The van der Waals surface area contributed by atoms with Crippen LogP contribution in [0.4, 0.5) is 11.6 Å². The van der Waals surface area contributed by atoms with Gasteiger partial charge in [0.1, 0.15) is 5.82 Å². The number of rotatable bonds is 3. The van der Waals surface area contributed by atoms with Crippen molar-refractivity contribution in [3.05, 3.63) is 41.2 Å². The Morgan fingerprint density at radius 3 is 2.96 bits per heavy atom. The molecule has 1 saturated heterocycles. The molecule has 0 spiro atoms. The normalized spacial score (nSPS) is 17.8. The highest BCUT2D eigenvalue weighted by molar-refractivity contribution is 6.29. The number of carbonyl (C=O) groups excluding carboxylic acids is 1. The first-order chi connectivity index (χ1) is 11.1. The predicted molar refractivity (Wildman–Crippen MR) is 89.6 cm³/mol. The highest BCUT2D eigenvalue weighted by atomic mass is 35.5. The summed E-state index contributed by atoms with van der Waals surface area (Å²) in [6.45, 7) is 3.41. The lowest BCUT2D eigenvalue weighted by atomic mass is 9.97. The van der Waals surface area contributed by atoms with Crippen molar-refractivity contribution >= 4 is 29.1 Å². The fourth-order valence-electron chi connectivity index (χ4n) is 2.71. The SMILES string of the molecule is Cc1cccnc1NC(=O)[C@H]1CCCN(c2ccc(Cl)nn2)C1. The van der Waals surface area contributed by atoms with E-state index in [1.54, 1.807) is 12.3 Å². The molecule has 3 rings (SSSR count). The zero-order valence-electron chi connectivity index (χ0n) is 12.9. The Labute approximate surface area is 139 Å². The maximum absolute atomic E-state index is 12.5. The molecule has 1 atom stereocenters. The first-order valence-corrected chi connectivity index (χ1v) is 7.98. The zero-order valence-corrected chi connectivity index (χ0v) is 13.6. The van der Waals surface area contributed by atoms with E-state index in [0.717, 1.165) is 30.8 Å². The fraction of sp³-hybridized carbons (Fsp3) is 0.375. The number of nitrogens with zero attached hydrogens (tertiary/aromatic N) is 4. The van der Waals surface area contributed by atoms with Crippen LogP contribution in [0.2, 0.25) is 5.15 Å². The molecule has 0 saturated carbocycles. The molecule has 1 amide bonds. The van der Waals surface area contributed by atoms with Crippen molar-refractivity contribution in [2.24, 2.45) is 5.92 Å². The second-order valence-corrected chi connectivity index (χ2v) is 6.04. The summed E-state index contributed by atoms with van der Waals surface area (Å²) in [5.74, 6) is 1.28. The number of carbonyl (C=O) groups is 1. The molecule has 1 aliphatic heterocycles. The number of halogens is 1. The van der Waals surface area contributed by atoms with Crippen molar-refractivity contribution in [3.8, 4) is 0 Å². The number of nitrogens with one attached hydrogen (secondary N) is 1. The quantitative estimate of drug-likeness (QED) is 0.936. The van der Waals surface area contributed by atoms with Gasteiger partial charge in [-0.2, -0.15) is 0 Å². The molecule has 3 heterocycles. The first kappa shape index (κ1) is 15.7. The van der Waals surface area contributed by atoms with Crippen molar-refractivity contribution in [1.82, 2.24) is 15.2 Å². The van der Waals surface area contributed by atoms with Crippen molar-refractivity contribution in [3.63, 3.8) is 0 Å². The third-order valence-corrected chi connectivity index (χ3v) is 4.19. The van der Waals surface area contributed by atoms with E-state index >= 15 is 0 Å². The van der Waals surface area contributed by atoms with E-state index in [2.05, 4.69) is 25.4 Å². The summed E-state index contributed by atoms with van der Waals surface area (Å²) < 4.78 is 0. The highest BCUT2D eigenvalue weighted by Gasteiger charge is 2.27. The van der Waals surface area contributed by atoms with Gasteiger partial charge in [-0.05, 0) is 43.5 Å². The average molecular weight is 332 g/mol. The molecule has 0 radical (unpaired) electrons. The monoisotopic (exact) mass is 331 g/mol. The van der Waals surface area contributed by atoms with Gasteiger partial charge < -0.3 is 10.2 Å². The molecular weight excluding hydrogens is 314 g/mol. The van der Waals surface area contributed by atoms with Crippen LogP contribution in [0.15, 0.2) is 30.5 Å². The summed E-state index contributed by atoms with van der Waals surface area (Å²) in [7, 11) is 0. The summed E-state index contributed by atoms with van der Waals surface area (Å²) in [6.07, 6.45) is 3.47. The van der Waals surface area contributed by atoms with E-state index in [1.165, 1.54) is 0 Å². The first-order valence-electron chi connectivity index (χ1n) is 7.60. The summed E-state index contributed by atoms with van der Waals surface area (Å²) >= 11 is 5.77. The number of amides is 1. The van der Waals surface area contributed by atoms with Gasteiger partial charge in [-0.3, -0.25) is 4.79 Å². The summed E-state index contributed by atoms with van der Waals surface area (Å²) in [5.41, 5.74) is 0.956. The molecule has 0 aliphatic carbocycles. The van der Waals surface area contributed by atoms with Crippen LogP contribution in [-0.2, 0) is 4.79 Å². The molecule has 2 aromatic rings. The Morgan fingerprint density at radius 2 is 2.22 bits per heavy atom. The number of anilines is 2. The van der Waals surface area contributed by atoms with E-state index in [1.807, 2.05) is 25.1 Å². The van der Waals surface area contributed by atoms with Crippen molar-refractivity contribution in [1.29, 1.82) is 0 Å². The standard InChI is InChI=1S/C16H18ClN5O/c1-11-4-2-8-18-15(11)19-16(23)12-5-3-9-22(10-12)14-7-6-13(17)20-21-14/h2,4,6-8,12H,3,5,9-10H2,1H3,(H,18,19,23)/t12-/m0/s1. The van der Waals surface area contributed by atoms with Gasteiger partial charge in [0.05, 0.1) is 5.92 Å². The van der Waals surface area contributed by atoms with Gasteiger partial charge in [0.15, 0.2) is 11.0 Å². The minimum absolute atomic E-state index is 0.00146. The van der Waals surface area contributed by atoms with Gasteiger partial charge in [-0.1, -0.05) is 17.7 Å². The molecule has 0 unspecified atom stereocenters. The molecule has 1 fully saturated rings. The fourth-order valence-corrected chi connectivity index (χ4v) is 2.81. The summed E-state index contributed by atoms with van der Waals surface area (Å²) in [6, 6.07) is 7.33. The van der Waals surface area contributed by atoms with E-state index in [-0.39, 0.29) is 11.8 Å². The van der Waals surface area contributed by atoms with Crippen LogP contribution in [0.1, 0.15) is 18.4 Å². The molecule has 120 valence electrons. The van der Waals surface area contributed by atoms with Gasteiger partial charge in [0.2, 0.25) is 5.91 Å². The molecule has 1 aliphatic rings. The minimum atomic E-state index is -0.0948. The maximum atomic E-state index is 12.5. The van der Waals surface area contributed by atoms with Crippen LogP contribution < -0.4 is 10.2 Å². The maximum Gasteiger partial charge on any atom is 0.230 e. The van der Waals surface area contributed by atoms with Crippen LogP contribution in [0.3, 0.4) is 0 Å². The van der Waals surface area contributed by atoms with Crippen molar-refractivity contribution < 1.29 is 4.79 Å². The molecule has 23 heavy (non-hydrogen) atoms. The van der Waals surface area contributed by atoms with Crippen molar-refractivity contribution in [2.45, 2.75) is 19.8 Å². The minimum Gasteiger partial charge on any atom is -0.354 e. The highest BCUT2D eigenvalue weighted by Crippen LogP contribution is 2.23. The third-order valence-electron chi connectivity index (χ3n) is 3.99. The van der Waals surface area contributed by atoms with Crippen LogP contribution in [0, 0.1) is 12.8 Å². The van der Waals surface area contributed by atoms with E-state index < -0.39 is 0 Å². The van der Waals surface area contributed by atoms with Gasteiger partial charge >= 0.3 is 0 Å². The largest absolute Gasteiger partial charge is 0.354 e. The van der Waals surface area contributed by atoms with Crippen molar-refractivity contribution in [2.75, 3.05) is 23.3 Å². The van der Waals surface area contributed by atoms with Crippen LogP contribution in [-0.4, -0.2) is 34.2 Å². The predicted octanol–water partition coefficient (Wildman–Crippen LogP) is 2.69. The summed E-state index contributed by atoms with van der Waals surface area (Å²) in [5, 5.41) is 11.3. The Balaban J connectivity index is 1.67. The third kappa shape index (κ3) is 3.76. The molecule has 7 heteroatoms. The average Bonchev–Trinajstić information content (AvgIpc) is 2.58. The molecule has 0 aromatic carbocycles. The topological polar surface area (TPSA) is 71.0 Å². The molecule has 0 bridgehead atoms. The summed E-state index contributed by atoms with van der Waals surface area (Å²) in [4.78, 5) is 18.8. The van der Waals surface area contributed by atoms with E-state index in [0.29, 0.717) is 17.5 Å². The Kier molecular flexibility index (Phi) is 4.71. The Bertz CT molecular complexity index is 691. The lowest BCUT2D eigenvalue weighted by Gasteiger charge is -2.32. The zero-order chi connectivity index (χ0) is 16.2. The number of piperidine rings is 1. The lowest BCUT2D eigenvalue weighted by molar-refractivity contribution is -0.120. The molecule has 6 nitrogen and oxygen atoms in total. The second-order valence-electron chi connectivity index (χ2n) is 5.66. The van der Waals surface area contributed by atoms with Gasteiger partial charge in [-0.15, -0.1) is 10.2 Å². The van der Waals surface area contributed by atoms with Crippen LogP contribution in [0.5, 0.6) is 0 Å². The number of hydrogen-bond donors (Lipinski definition) is 1. The number of aryl methyl sites for hydroxylation is 1.